The van der Waals surface area contributed by atoms with Crippen molar-refractivity contribution in [2.24, 2.45) is 0 Å². The van der Waals surface area contributed by atoms with Crippen LogP contribution in [0.15, 0.2) is 48.6 Å². The van der Waals surface area contributed by atoms with Gasteiger partial charge in [-0.15, -0.1) is 0 Å². The number of ether oxygens (including phenoxy) is 3. The smallest absolute Gasteiger partial charge is 0.306 e. The number of hydrogen-bond donors (Lipinski definition) is 0. The molecule has 0 amide bonds. The van der Waals surface area contributed by atoms with Crippen LogP contribution >= 0.6 is 0 Å². The first-order valence-electron chi connectivity index (χ1n) is 26.1. The average molecular weight is 855 g/mol. The average Bonchev–Trinajstić information content (AvgIpc) is 3.26. The van der Waals surface area contributed by atoms with Crippen molar-refractivity contribution < 1.29 is 28.6 Å². The van der Waals surface area contributed by atoms with Crippen molar-refractivity contribution in [3.8, 4) is 0 Å². The maximum Gasteiger partial charge on any atom is 0.306 e. The monoisotopic (exact) mass is 855 g/mol. The molecule has 354 valence electrons. The third-order valence-electron chi connectivity index (χ3n) is 11.3. The van der Waals surface area contributed by atoms with Gasteiger partial charge in [0.15, 0.2) is 6.10 Å². The van der Waals surface area contributed by atoms with Gasteiger partial charge in [0, 0.05) is 19.3 Å². The molecule has 0 rings (SSSR count). The zero-order valence-corrected chi connectivity index (χ0v) is 40.4. The van der Waals surface area contributed by atoms with E-state index in [1.165, 1.54) is 135 Å². The quantitative estimate of drug-likeness (QED) is 0.0263. The first-order valence-corrected chi connectivity index (χ1v) is 26.1. The first-order chi connectivity index (χ1) is 30.0. The Balaban J connectivity index is 4.33. The van der Waals surface area contributed by atoms with Crippen molar-refractivity contribution in [1.82, 2.24) is 0 Å². The zero-order chi connectivity index (χ0) is 44.4. The van der Waals surface area contributed by atoms with Gasteiger partial charge in [-0.25, -0.2) is 0 Å². The van der Waals surface area contributed by atoms with Crippen molar-refractivity contribution >= 4 is 17.9 Å². The van der Waals surface area contributed by atoms with E-state index in [1.54, 1.807) is 0 Å². The molecule has 0 radical (unpaired) electrons. The number of allylic oxidation sites excluding steroid dienone is 8. The highest BCUT2D eigenvalue weighted by Crippen LogP contribution is 2.15. The maximum absolute atomic E-state index is 12.8. The Kier molecular flexibility index (Phi) is 47.9. The summed E-state index contributed by atoms with van der Waals surface area (Å²) in [6.45, 7) is 6.56. The van der Waals surface area contributed by atoms with E-state index in [-0.39, 0.29) is 31.1 Å². The fourth-order valence-corrected chi connectivity index (χ4v) is 7.31. The summed E-state index contributed by atoms with van der Waals surface area (Å²) in [4.78, 5) is 37.9. The number of rotatable bonds is 47. The van der Waals surface area contributed by atoms with Crippen LogP contribution in [0.1, 0.15) is 265 Å². The minimum Gasteiger partial charge on any atom is -0.462 e. The van der Waals surface area contributed by atoms with Crippen molar-refractivity contribution in [2.75, 3.05) is 13.2 Å². The van der Waals surface area contributed by atoms with E-state index in [0.717, 1.165) is 89.9 Å². The number of carbonyl (C=O) groups is 3. The summed E-state index contributed by atoms with van der Waals surface area (Å²) >= 11 is 0. The van der Waals surface area contributed by atoms with E-state index in [4.69, 9.17) is 14.2 Å². The molecule has 0 heterocycles. The van der Waals surface area contributed by atoms with Gasteiger partial charge in [0.2, 0.25) is 0 Å². The van der Waals surface area contributed by atoms with Crippen molar-refractivity contribution in [2.45, 2.75) is 271 Å². The third-order valence-corrected chi connectivity index (χ3v) is 11.3. The van der Waals surface area contributed by atoms with E-state index in [2.05, 4.69) is 69.4 Å². The van der Waals surface area contributed by atoms with Crippen molar-refractivity contribution in [3.63, 3.8) is 0 Å². The first kappa shape index (κ1) is 58.4. The predicted molar refractivity (Wildman–Crippen MR) is 261 cm³/mol. The van der Waals surface area contributed by atoms with E-state index < -0.39 is 6.10 Å². The van der Waals surface area contributed by atoms with Crippen LogP contribution in [0.4, 0.5) is 0 Å². The van der Waals surface area contributed by atoms with Gasteiger partial charge in [-0.3, -0.25) is 14.4 Å². The molecular formula is C55H98O6. The summed E-state index contributed by atoms with van der Waals surface area (Å²) in [5, 5.41) is 0. The van der Waals surface area contributed by atoms with Gasteiger partial charge < -0.3 is 14.2 Å². The minimum absolute atomic E-state index is 0.0782. The number of esters is 3. The van der Waals surface area contributed by atoms with Crippen LogP contribution in [-0.4, -0.2) is 37.2 Å². The molecule has 0 aromatic rings. The highest BCUT2D eigenvalue weighted by Gasteiger charge is 2.19. The van der Waals surface area contributed by atoms with Gasteiger partial charge >= 0.3 is 17.9 Å². The third kappa shape index (κ3) is 48.3. The van der Waals surface area contributed by atoms with Crippen LogP contribution in [0, 0.1) is 0 Å². The highest BCUT2D eigenvalue weighted by molar-refractivity contribution is 5.71. The number of carbonyl (C=O) groups excluding carboxylic acids is 3. The van der Waals surface area contributed by atoms with Crippen LogP contribution in [0.5, 0.6) is 0 Å². The van der Waals surface area contributed by atoms with E-state index in [1.807, 2.05) is 0 Å². The SMILES string of the molecule is CCCC/C=C\C/C=C\CCCCCCCC(=O)O[C@H](COC(=O)CCCCCCCCCCCC)COC(=O)CCCCCCCCCCC/C=C\C/C=C\CCCCC. The van der Waals surface area contributed by atoms with Gasteiger partial charge in [0.05, 0.1) is 0 Å². The van der Waals surface area contributed by atoms with Gasteiger partial charge in [-0.2, -0.15) is 0 Å². The molecular weight excluding hydrogens is 757 g/mol. The Labute approximate surface area is 378 Å². The molecule has 0 unspecified atom stereocenters. The Bertz CT molecular complexity index is 1070. The fourth-order valence-electron chi connectivity index (χ4n) is 7.31. The molecule has 0 aromatic heterocycles. The zero-order valence-electron chi connectivity index (χ0n) is 40.4. The summed E-state index contributed by atoms with van der Waals surface area (Å²) in [6.07, 6.45) is 59.5. The topological polar surface area (TPSA) is 78.9 Å². The molecule has 1 atom stereocenters. The summed E-state index contributed by atoms with van der Waals surface area (Å²) in [7, 11) is 0. The molecule has 0 aliphatic heterocycles. The lowest BCUT2D eigenvalue weighted by Gasteiger charge is -2.18. The Hall–Kier alpha value is -2.63. The van der Waals surface area contributed by atoms with Gasteiger partial charge in [-0.05, 0) is 77.0 Å². The van der Waals surface area contributed by atoms with Gasteiger partial charge in [0.25, 0.3) is 0 Å². The second-order valence-corrected chi connectivity index (χ2v) is 17.4. The standard InChI is InChI=1S/C55H98O6/c1-4-7-10-13-16-19-22-24-26-27-28-29-30-32-33-36-39-42-45-48-54(57)60-51-52(50-59-53(56)47-44-41-38-35-21-18-15-12-9-6-3)61-55(58)49-46-43-40-37-34-31-25-23-20-17-14-11-8-5-2/h14,16-17,19,23-26,52H,4-13,15,18,20-22,27-51H2,1-3H3/b17-14-,19-16-,25-23-,26-24-/t52-/m1/s1. The predicted octanol–water partition coefficient (Wildman–Crippen LogP) is 17.1. The Morgan fingerprint density at radius 1 is 0.328 bits per heavy atom. The van der Waals surface area contributed by atoms with Crippen molar-refractivity contribution in [3.05, 3.63) is 48.6 Å². The molecule has 6 nitrogen and oxygen atoms in total. The molecule has 0 saturated heterocycles. The number of unbranched alkanes of at least 4 members (excludes halogenated alkanes) is 28. The second kappa shape index (κ2) is 50.0. The molecule has 0 N–H and O–H groups in total. The fraction of sp³-hybridized carbons (Fsp3) is 0.800. The molecule has 0 saturated carbocycles. The molecule has 6 heteroatoms. The largest absolute Gasteiger partial charge is 0.462 e. The second-order valence-electron chi connectivity index (χ2n) is 17.4. The van der Waals surface area contributed by atoms with Crippen molar-refractivity contribution in [1.29, 1.82) is 0 Å². The Morgan fingerprint density at radius 2 is 0.607 bits per heavy atom. The van der Waals surface area contributed by atoms with E-state index in [0.29, 0.717) is 19.3 Å². The molecule has 0 aliphatic rings. The molecule has 0 fully saturated rings. The summed E-state index contributed by atoms with van der Waals surface area (Å²) in [5.74, 6) is -0.891. The lowest BCUT2D eigenvalue weighted by molar-refractivity contribution is -0.167. The van der Waals surface area contributed by atoms with Crippen LogP contribution in [0.3, 0.4) is 0 Å². The summed E-state index contributed by atoms with van der Waals surface area (Å²) < 4.78 is 16.8. The van der Waals surface area contributed by atoms with Crippen LogP contribution in [0.2, 0.25) is 0 Å². The molecule has 0 bridgehead atoms. The van der Waals surface area contributed by atoms with E-state index >= 15 is 0 Å². The summed E-state index contributed by atoms with van der Waals surface area (Å²) in [6, 6.07) is 0. The van der Waals surface area contributed by atoms with Gasteiger partial charge in [-0.1, -0.05) is 217 Å². The molecule has 0 aromatic carbocycles. The lowest BCUT2D eigenvalue weighted by atomic mass is 10.1. The maximum atomic E-state index is 12.8. The highest BCUT2D eigenvalue weighted by atomic mass is 16.6. The minimum atomic E-state index is -0.778. The summed E-state index contributed by atoms with van der Waals surface area (Å²) in [5.41, 5.74) is 0. The van der Waals surface area contributed by atoms with Crippen LogP contribution in [-0.2, 0) is 28.6 Å². The number of hydrogen-bond acceptors (Lipinski definition) is 6. The normalized spacial score (nSPS) is 12.4. The van der Waals surface area contributed by atoms with Crippen LogP contribution in [0.25, 0.3) is 0 Å². The molecule has 61 heavy (non-hydrogen) atoms. The van der Waals surface area contributed by atoms with Crippen LogP contribution < -0.4 is 0 Å². The Morgan fingerprint density at radius 3 is 0.984 bits per heavy atom. The molecule has 0 aliphatic carbocycles. The lowest BCUT2D eigenvalue weighted by Crippen LogP contribution is -2.30. The van der Waals surface area contributed by atoms with E-state index in [9.17, 15) is 14.4 Å². The molecule has 0 spiro atoms. The van der Waals surface area contributed by atoms with Gasteiger partial charge in [0.1, 0.15) is 13.2 Å².